The Balaban J connectivity index is 1.79. The number of carbonyl (C=O) groups excluding carboxylic acids is 3. The lowest BCUT2D eigenvalue weighted by Gasteiger charge is -2.28. The summed E-state index contributed by atoms with van der Waals surface area (Å²) in [5.41, 5.74) is 5.28. The summed E-state index contributed by atoms with van der Waals surface area (Å²) < 4.78 is 5.71. The van der Waals surface area contributed by atoms with Crippen LogP contribution in [-0.2, 0) is 14.3 Å². The summed E-state index contributed by atoms with van der Waals surface area (Å²) in [6.45, 7) is 3.75. The molecule has 2 rings (SSSR count). The maximum absolute atomic E-state index is 12.1. The molecule has 0 aromatic heterocycles. The Morgan fingerprint density at radius 2 is 2.04 bits per heavy atom. The van der Waals surface area contributed by atoms with Crippen molar-refractivity contribution in [2.24, 2.45) is 5.92 Å². The third-order valence-electron chi connectivity index (χ3n) is 4.08. The zero-order chi connectivity index (χ0) is 18.2. The number of halogens is 1. The van der Waals surface area contributed by atoms with E-state index < -0.39 is 0 Å². The van der Waals surface area contributed by atoms with Gasteiger partial charge in [-0.05, 0) is 47.8 Å². The van der Waals surface area contributed by atoms with Gasteiger partial charge in [0, 0.05) is 4.47 Å². The van der Waals surface area contributed by atoms with E-state index in [1.807, 2.05) is 0 Å². The van der Waals surface area contributed by atoms with Crippen LogP contribution in [0.3, 0.4) is 0 Å². The van der Waals surface area contributed by atoms with Gasteiger partial charge >= 0.3 is 5.97 Å². The van der Waals surface area contributed by atoms with Gasteiger partial charge in [-0.15, -0.1) is 0 Å². The molecule has 2 atom stereocenters. The van der Waals surface area contributed by atoms with E-state index in [-0.39, 0.29) is 30.2 Å². The molecule has 0 bridgehead atoms. The van der Waals surface area contributed by atoms with Crippen LogP contribution in [0, 0.1) is 5.92 Å². The minimum absolute atomic E-state index is 0.161. The van der Waals surface area contributed by atoms with Gasteiger partial charge in [0.1, 0.15) is 5.92 Å². The number of esters is 1. The monoisotopic (exact) mass is 412 g/mol. The average Bonchev–Trinajstić information content (AvgIpc) is 2.60. The zero-order valence-electron chi connectivity index (χ0n) is 14.1. The lowest BCUT2D eigenvalue weighted by atomic mass is 9.98. The summed E-state index contributed by atoms with van der Waals surface area (Å²) >= 11 is 3.29. The minimum atomic E-state index is -0.390. The molecule has 1 aliphatic heterocycles. The van der Waals surface area contributed by atoms with Gasteiger partial charge in [-0.3, -0.25) is 25.2 Å². The smallest absolute Gasteiger partial charge is 0.314 e. The summed E-state index contributed by atoms with van der Waals surface area (Å²) in [6.07, 6.45) is 1.66. The fourth-order valence-electron chi connectivity index (χ4n) is 2.88. The Labute approximate surface area is 155 Å². The highest BCUT2D eigenvalue weighted by Gasteiger charge is 2.30. The second-order valence-corrected chi connectivity index (χ2v) is 6.81. The highest BCUT2D eigenvalue weighted by atomic mass is 79.9. The molecule has 25 heavy (non-hydrogen) atoms. The summed E-state index contributed by atoms with van der Waals surface area (Å²) in [5, 5.41) is 0. The summed E-state index contributed by atoms with van der Waals surface area (Å²) in [6, 6.07) is 6.96. The van der Waals surface area contributed by atoms with Crippen LogP contribution in [0.1, 0.15) is 30.1 Å². The molecule has 0 aliphatic carbocycles. The van der Waals surface area contributed by atoms with Crippen LogP contribution in [0.5, 0.6) is 0 Å². The molecule has 1 aromatic carbocycles. The largest absolute Gasteiger partial charge is 0.466 e. The zero-order valence-corrected chi connectivity index (χ0v) is 15.7. The van der Waals surface area contributed by atoms with Crippen molar-refractivity contribution in [1.82, 2.24) is 10.9 Å². The van der Waals surface area contributed by atoms with Crippen molar-refractivity contribution in [2.75, 3.05) is 26.2 Å². The summed E-state index contributed by atoms with van der Waals surface area (Å²) in [5.74, 6) is -1.03. The van der Waals surface area contributed by atoms with Gasteiger partial charge < -0.3 is 9.64 Å². The number of amides is 2. The molecule has 1 unspecified atom stereocenters. The highest BCUT2D eigenvalue weighted by Crippen LogP contribution is 2.15. The summed E-state index contributed by atoms with van der Waals surface area (Å²) in [7, 11) is 0. The average molecular weight is 413 g/mol. The van der Waals surface area contributed by atoms with E-state index >= 15 is 0 Å². The topological polar surface area (TPSA) is 88.9 Å². The van der Waals surface area contributed by atoms with Gasteiger partial charge in [0.25, 0.3) is 11.8 Å². The SMILES string of the molecule is CCOC(=O)[C@H]1CCC[NH+](CC(=O)NNC(=O)c2ccccc2Br)C1. The molecule has 7 nitrogen and oxygen atoms in total. The number of hydrogen-bond acceptors (Lipinski definition) is 4. The molecule has 8 heteroatoms. The number of ether oxygens (including phenoxy) is 1. The fourth-order valence-corrected chi connectivity index (χ4v) is 3.35. The molecule has 2 amide bonds. The quantitative estimate of drug-likeness (QED) is 0.471. The summed E-state index contributed by atoms with van der Waals surface area (Å²) in [4.78, 5) is 37.0. The number of nitrogens with one attached hydrogen (secondary N) is 3. The maximum Gasteiger partial charge on any atom is 0.314 e. The highest BCUT2D eigenvalue weighted by molar-refractivity contribution is 9.10. The van der Waals surface area contributed by atoms with Gasteiger partial charge in [0.2, 0.25) is 0 Å². The van der Waals surface area contributed by atoms with Gasteiger partial charge in [0.15, 0.2) is 6.54 Å². The predicted molar refractivity (Wildman–Crippen MR) is 94.7 cm³/mol. The molecule has 1 aliphatic rings. The number of rotatable bonds is 5. The van der Waals surface area contributed by atoms with Gasteiger partial charge in [-0.2, -0.15) is 0 Å². The first-order valence-corrected chi connectivity index (χ1v) is 9.14. The van der Waals surface area contributed by atoms with Crippen LogP contribution in [-0.4, -0.2) is 44.0 Å². The predicted octanol–water partition coefficient (Wildman–Crippen LogP) is 0.0681. The fraction of sp³-hybridized carbons (Fsp3) is 0.471. The minimum Gasteiger partial charge on any atom is -0.466 e. The molecular weight excluding hydrogens is 390 g/mol. The number of quaternary nitrogens is 1. The Kier molecular flexibility index (Phi) is 7.39. The standard InChI is InChI=1S/C17H22BrN3O4/c1-2-25-17(24)12-6-5-9-21(10-12)11-15(22)19-20-16(23)13-7-3-4-8-14(13)18/h3-4,7-8,12H,2,5-6,9-11H2,1H3,(H,19,22)(H,20,23)/p+1/t12-/m0/s1. The Bertz CT molecular complexity index is 638. The molecule has 0 saturated carbocycles. The van der Waals surface area contributed by atoms with E-state index in [0.29, 0.717) is 23.2 Å². The van der Waals surface area contributed by atoms with E-state index in [1.165, 1.54) is 0 Å². The van der Waals surface area contributed by atoms with Crippen LogP contribution < -0.4 is 15.8 Å². The molecule has 1 fully saturated rings. The number of hydrazine groups is 1. The van der Waals surface area contributed by atoms with Crippen molar-refractivity contribution in [1.29, 1.82) is 0 Å². The Hall–Kier alpha value is -1.93. The molecule has 1 heterocycles. The first kappa shape index (κ1) is 19.4. The molecule has 3 N–H and O–H groups in total. The van der Waals surface area contributed by atoms with Gasteiger partial charge in [-0.25, -0.2) is 0 Å². The van der Waals surface area contributed by atoms with Crippen LogP contribution in [0.25, 0.3) is 0 Å². The van der Waals surface area contributed by atoms with Crippen molar-refractivity contribution in [3.8, 4) is 0 Å². The van der Waals surface area contributed by atoms with Crippen molar-refractivity contribution in [2.45, 2.75) is 19.8 Å². The van der Waals surface area contributed by atoms with Gasteiger partial charge in [0.05, 0.1) is 25.3 Å². The lowest BCUT2D eigenvalue weighted by molar-refractivity contribution is -0.899. The van der Waals surface area contributed by atoms with E-state index in [9.17, 15) is 14.4 Å². The van der Waals surface area contributed by atoms with Crippen molar-refractivity contribution in [3.63, 3.8) is 0 Å². The molecule has 0 radical (unpaired) electrons. The molecule has 1 saturated heterocycles. The van der Waals surface area contributed by atoms with Crippen molar-refractivity contribution >= 4 is 33.7 Å². The number of likely N-dealkylation sites (tertiary alicyclic amines) is 1. The molecule has 136 valence electrons. The number of benzene rings is 1. The normalized spacial score (nSPS) is 19.8. The van der Waals surface area contributed by atoms with E-state index in [0.717, 1.165) is 24.3 Å². The van der Waals surface area contributed by atoms with Crippen LogP contribution >= 0.6 is 15.9 Å². The molecular formula is C17H23BrN3O4+. The maximum atomic E-state index is 12.1. The van der Waals surface area contributed by atoms with Crippen LogP contribution in [0.2, 0.25) is 0 Å². The van der Waals surface area contributed by atoms with E-state index in [4.69, 9.17) is 4.74 Å². The van der Waals surface area contributed by atoms with Crippen molar-refractivity contribution in [3.05, 3.63) is 34.3 Å². The number of carbonyl (C=O) groups is 3. The van der Waals surface area contributed by atoms with Crippen LogP contribution in [0.4, 0.5) is 0 Å². The second kappa shape index (κ2) is 9.53. The lowest BCUT2D eigenvalue weighted by Crippen LogP contribution is -3.15. The van der Waals surface area contributed by atoms with E-state index in [2.05, 4.69) is 26.8 Å². The third kappa shape index (κ3) is 5.82. The van der Waals surface area contributed by atoms with Crippen molar-refractivity contribution < 1.29 is 24.0 Å². The Morgan fingerprint density at radius 1 is 1.28 bits per heavy atom. The van der Waals surface area contributed by atoms with E-state index in [1.54, 1.807) is 31.2 Å². The molecule has 1 aromatic rings. The number of hydrogen-bond donors (Lipinski definition) is 3. The van der Waals surface area contributed by atoms with Crippen LogP contribution in [0.15, 0.2) is 28.7 Å². The Morgan fingerprint density at radius 3 is 2.76 bits per heavy atom. The molecule has 0 spiro atoms. The number of piperidine rings is 1. The first-order valence-electron chi connectivity index (χ1n) is 8.35. The second-order valence-electron chi connectivity index (χ2n) is 5.95. The first-order chi connectivity index (χ1) is 12.0. The third-order valence-corrected chi connectivity index (χ3v) is 4.77. The van der Waals surface area contributed by atoms with Gasteiger partial charge in [-0.1, -0.05) is 12.1 Å².